The van der Waals surface area contributed by atoms with E-state index >= 15 is 0 Å². The summed E-state index contributed by atoms with van der Waals surface area (Å²) in [7, 11) is 1.34. The molecule has 0 atom stereocenters. The van der Waals surface area contributed by atoms with Gasteiger partial charge in [0.2, 0.25) is 5.43 Å². The van der Waals surface area contributed by atoms with E-state index in [0.717, 1.165) is 18.9 Å². The Morgan fingerprint density at radius 2 is 2.15 bits per heavy atom. The first kappa shape index (κ1) is 12.7. The Morgan fingerprint density at radius 3 is 2.70 bits per heavy atom. The van der Waals surface area contributed by atoms with Crippen LogP contribution < -0.4 is 10.2 Å². The molecule has 20 heavy (non-hydrogen) atoms. The molecule has 0 aliphatic heterocycles. The molecule has 0 bridgehead atoms. The highest BCUT2D eigenvalue weighted by Gasteiger charge is 2.27. The number of hydrogen-bond donors (Lipinski definition) is 1. The van der Waals surface area contributed by atoms with Crippen LogP contribution in [0.3, 0.4) is 0 Å². The van der Waals surface area contributed by atoms with E-state index in [9.17, 15) is 14.0 Å². The van der Waals surface area contributed by atoms with Crippen LogP contribution in [-0.2, 0) is 0 Å². The zero-order valence-electron chi connectivity index (χ0n) is 10.7. The lowest BCUT2D eigenvalue weighted by Gasteiger charge is -2.13. The Morgan fingerprint density at radius 1 is 1.45 bits per heavy atom. The summed E-state index contributed by atoms with van der Waals surface area (Å²) in [4.78, 5) is 23.3. The predicted octanol–water partition coefficient (Wildman–Crippen LogP) is 2.18. The molecule has 0 radical (unpaired) electrons. The van der Waals surface area contributed by atoms with Gasteiger partial charge in [-0.25, -0.2) is 9.18 Å². The van der Waals surface area contributed by atoms with Gasteiger partial charge in [-0.1, -0.05) is 0 Å². The molecular weight excluding hydrogens is 265 g/mol. The normalized spacial score (nSPS) is 14.5. The van der Waals surface area contributed by atoms with Crippen LogP contribution in [0.2, 0.25) is 0 Å². The molecule has 1 aliphatic rings. The maximum atomic E-state index is 13.8. The summed E-state index contributed by atoms with van der Waals surface area (Å²) in [5, 5.41) is 9.15. The quantitative estimate of drug-likeness (QED) is 0.933. The minimum Gasteiger partial charge on any atom is -0.494 e. The number of benzene rings is 1. The Balaban J connectivity index is 2.42. The topological polar surface area (TPSA) is 68.5 Å². The second-order valence-corrected chi connectivity index (χ2v) is 4.82. The molecule has 1 aromatic carbocycles. The molecular formula is C14H12FNO4. The second kappa shape index (κ2) is 4.33. The van der Waals surface area contributed by atoms with E-state index in [2.05, 4.69) is 0 Å². The van der Waals surface area contributed by atoms with Crippen LogP contribution in [0.4, 0.5) is 4.39 Å². The molecule has 0 unspecified atom stereocenters. The van der Waals surface area contributed by atoms with Crippen molar-refractivity contribution in [1.82, 2.24) is 4.57 Å². The van der Waals surface area contributed by atoms with Gasteiger partial charge in [-0.2, -0.15) is 0 Å². The number of carbonyl (C=O) groups is 1. The van der Waals surface area contributed by atoms with Crippen molar-refractivity contribution in [1.29, 1.82) is 0 Å². The molecule has 1 N–H and O–H groups in total. The standard InChI is InChI=1S/C14H12FNO4/c1-20-12-5-11-8(4-10(12)15)13(17)9(14(18)19)6-16(11)7-2-3-7/h4-7H,2-3H2,1H3,(H,18,19). The summed E-state index contributed by atoms with van der Waals surface area (Å²) < 4.78 is 20.4. The Hall–Kier alpha value is -2.37. The molecule has 3 rings (SSSR count). The molecule has 0 amide bonds. The lowest BCUT2D eigenvalue weighted by atomic mass is 10.1. The van der Waals surface area contributed by atoms with Gasteiger partial charge in [0.15, 0.2) is 11.6 Å². The summed E-state index contributed by atoms with van der Waals surface area (Å²) in [6.45, 7) is 0. The number of hydrogen-bond acceptors (Lipinski definition) is 3. The molecule has 1 aromatic heterocycles. The Labute approximate surface area is 113 Å². The first-order valence-corrected chi connectivity index (χ1v) is 6.18. The van der Waals surface area contributed by atoms with Gasteiger partial charge in [-0.15, -0.1) is 0 Å². The number of halogens is 1. The molecule has 0 spiro atoms. The molecule has 1 heterocycles. The van der Waals surface area contributed by atoms with Crippen LogP contribution in [0.15, 0.2) is 23.1 Å². The maximum absolute atomic E-state index is 13.8. The van der Waals surface area contributed by atoms with Gasteiger partial charge in [-0.05, 0) is 18.9 Å². The molecule has 0 saturated heterocycles. The van der Waals surface area contributed by atoms with Crippen molar-refractivity contribution in [2.45, 2.75) is 18.9 Å². The molecule has 2 aromatic rings. The highest BCUT2D eigenvalue weighted by Crippen LogP contribution is 2.37. The van der Waals surface area contributed by atoms with E-state index in [1.165, 1.54) is 19.4 Å². The van der Waals surface area contributed by atoms with E-state index in [-0.39, 0.29) is 22.7 Å². The minimum absolute atomic E-state index is 0.0365. The highest BCUT2D eigenvalue weighted by atomic mass is 19.1. The summed E-state index contributed by atoms with van der Waals surface area (Å²) in [5.74, 6) is -1.95. The monoisotopic (exact) mass is 277 g/mol. The average Bonchev–Trinajstić information content (AvgIpc) is 3.23. The Bertz CT molecular complexity index is 777. The van der Waals surface area contributed by atoms with Crippen molar-refractivity contribution in [2.24, 2.45) is 0 Å². The fourth-order valence-corrected chi connectivity index (χ4v) is 2.31. The number of carboxylic acids is 1. The molecule has 1 aliphatic carbocycles. The summed E-state index contributed by atoms with van der Waals surface area (Å²) >= 11 is 0. The van der Waals surface area contributed by atoms with E-state index in [0.29, 0.717) is 5.52 Å². The molecule has 6 heteroatoms. The van der Waals surface area contributed by atoms with Gasteiger partial charge in [0.25, 0.3) is 0 Å². The van der Waals surface area contributed by atoms with Crippen LogP contribution in [0.25, 0.3) is 10.9 Å². The van der Waals surface area contributed by atoms with Crippen molar-refractivity contribution in [3.8, 4) is 5.75 Å². The lowest BCUT2D eigenvalue weighted by Crippen LogP contribution is -2.19. The number of fused-ring (bicyclic) bond motifs is 1. The molecule has 1 fully saturated rings. The number of aromatic carboxylic acids is 1. The molecule has 5 nitrogen and oxygen atoms in total. The second-order valence-electron chi connectivity index (χ2n) is 4.82. The first-order valence-electron chi connectivity index (χ1n) is 6.18. The van der Waals surface area contributed by atoms with Gasteiger partial charge >= 0.3 is 5.97 Å². The van der Waals surface area contributed by atoms with Crippen molar-refractivity contribution < 1.29 is 19.0 Å². The molecule has 104 valence electrons. The third kappa shape index (κ3) is 1.84. The Kier molecular flexibility index (Phi) is 2.74. The van der Waals surface area contributed by atoms with Crippen molar-refractivity contribution in [3.05, 3.63) is 39.9 Å². The van der Waals surface area contributed by atoms with Crippen LogP contribution in [0.5, 0.6) is 5.75 Å². The van der Waals surface area contributed by atoms with Crippen molar-refractivity contribution in [2.75, 3.05) is 7.11 Å². The van der Waals surface area contributed by atoms with E-state index in [1.54, 1.807) is 4.57 Å². The SMILES string of the molecule is COc1cc2c(cc1F)c(=O)c(C(=O)O)cn2C1CC1. The zero-order chi connectivity index (χ0) is 14.4. The smallest absolute Gasteiger partial charge is 0.341 e. The number of nitrogens with zero attached hydrogens (tertiary/aromatic N) is 1. The predicted molar refractivity (Wildman–Crippen MR) is 69.9 cm³/mol. The van der Waals surface area contributed by atoms with Gasteiger partial charge in [0.05, 0.1) is 12.6 Å². The summed E-state index contributed by atoms with van der Waals surface area (Å²) in [6, 6.07) is 2.64. The summed E-state index contributed by atoms with van der Waals surface area (Å²) in [6.07, 6.45) is 3.16. The van der Waals surface area contributed by atoms with Crippen LogP contribution >= 0.6 is 0 Å². The van der Waals surface area contributed by atoms with E-state index < -0.39 is 17.2 Å². The van der Waals surface area contributed by atoms with Crippen LogP contribution in [0, 0.1) is 5.82 Å². The summed E-state index contributed by atoms with van der Waals surface area (Å²) in [5.41, 5.74) is -0.513. The van der Waals surface area contributed by atoms with Crippen molar-refractivity contribution in [3.63, 3.8) is 0 Å². The van der Waals surface area contributed by atoms with Crippen molar-refractivity contribution >= 4 is 16.9 Å². The van der Waals surface area contributed by atoms with Gasteiger partial charge < -0.3 is 14.4 Å². The van der Waals surface area contributed by atoms with Crippen LogP contribution in [0.1, 0.15) is 29.2 Å². The number of ether oxygens (including phenoxy) is 1. The van der Waals surface area contributed by atoms with Gasteiger partial charge in [-0.3, -0.25) is 4.79 Å². The number of rotatable bonds is 3. The number of carboxylic acid groups (broad SMARTS) is 1. The first-order chi connectivity index (χ1) is 9.52. The third-order valence-electron chi connectivity index (χ3n) is 3.48. The van der Waals surface area contributed by atoms with Crippen LogP contribution in [-0.4, -0.2) is 22.8 Å². The largest absolute Gasteiger partial charge is 0.494 e. The number of methoxy groups -OCH3 is 1. The van der Waals surface area contributed by atoms with Gasteiger partial charge in [0.1, 0.15) is 5.56 Å². The molecule has 1 saturated carbocycles. The fourth-order valence-electron chi connectivity index (χ4n) is 2.31. The lowest BCUT2D eigenvalue weighted by molar-refractivity contribution is 0.0695. The number of aromatic nitrogens is 1. The number of pyridine rings is 1. The minimum atomic E-state index is -1.30. The van der Waals surface area contributed by atoms with E-state index in [4.69, 9.17) is 9.84 Å². The average molecular weight is 277 g/mol. The maximum Gasteiger partial charge on any atom is 0.341 e. The highest BCUT2D eigenvalue weighted by molar-refractivity contribution is 5.93. The zero-order valence-corrected chi connectivity index (χ0v) is 10.7. The fraction of sp³-hybridized carbons (Fsp3) is 0.286. The van der Waals surface area contributed by atoms with E-state index in [1.807, 2.05) is 0 Å². The van der Waals surface area contributed by atoms with Gasteiger partial charge in [0, 0.05) is 23.7 Å². The third-order valence-corrected chi connectivity index (χ3v) is 3.48.